The summed E-state index contributed by atoms with van der Waals surface area (Å²) in [6.07, 6.45) is 6.40. The van der Waals surface area contributed by atoms with E-state index in [1.165, 1.54) is 32.1 Å². The molecule has 2 N–H and O–H groups in total. The summed E-state index contributed by atoms with van der Waals surface area (Å²) in [6.45, 7) is 7.49. The van der Waals surface area contributed by atoms with Crippen LogP contribution >= 0.6 is 24.0 Å². The van der Waals surface area contributed by atoms with Gasteiger partial charge in [-0.15, -0.1) is 24.0 Å². The van der Waals surface area contributed by atoms with E-state index in [1.807, 2.05) is 7.05 Å². The van der Waals surface area contributed by atoms with Gasteiger partial charge in [-0.25, -0.2) is 8.42 Å². The van der Waals surface area contributed by atoms with Crippen molar-refractivity contribution in [2.75, 3.05) is 77.6 Å². The number of ether oxygens (including phenoxy) is 1. The predicted molar refractivity (Wildman–Crippen MR) is 128 cm³/mol. The van der Waals surface area contributed by atoms with Crippen LogP contribution in [0, 0.1) is 0 Å². The molecule has 0 aromatic carbocycles. The summed E-state index contributed by atoms with van der Waals surface area (Å²) < 4.78 is 28.6. The number of rotatable bonds is 6. The Kier molecular flexibility index (Phi) is 10.4. The first kappa shape index (κ1) is 25.1. The average Bonchev–Trinajstić information content (AvgIpc) is 2.73. The predicted octanol–water partition coefficient (Wildman–Crippen LogP) is 0.535. The molecule has 1 saturated carbocycles. The third kappa shape index (κ3) is 7.48. The van der Waals surface area contributed by atoms with Gasteiger partial charge in [0, 0.05) is 58.4 Å². The minimum absolute atomic E-state index is 0. The number of nitrogens with one attached hydrogen (secondary N) is 2. The highest BCUT2D eigenvalue weighted by molar-refractivity contribution is 14.0. The largest absolute Gasteiger partial charge is 0.379 e. The number of sulfone groups is 1. The van der Waals surface area contributed by atoms with E-state index in [9.17, 15) is 8.42 Å². The zero-order chi connectivity index (χ0) is 19.9. The van der Waals surface area contributed by atoms with E-state index in [-0.39, 0.29) is 41.0 Å². The Hall–Kier alpha value is -0.170. The normalized spacial score (nSPS) is 25.8. The summed E-state index contributed by atoms with van der Waals surface area (Å²) in [5, 5.41) is 6.97. The summed E-state index contributed by atoms with van der Waals surface area (Å²) >= 11 is 0. The van der Waals surface area contributed by atoms with Gasteiger partial charge in [0.15, 0.2) is 15.8 Å². The first-order valence-corrected chi connectivity index (χ1v) is 12.6. The molecule has 3 rings (SSSR count). The number of guanidine groups is 1. The number of nitrogens with zero attached hydrogens (tertiary/aromatic N) is 3. The van der Waals surface area contributed by atoms with Crippen molar-refractivity contribution in [3.63, 3.8) is 0 Å². The van der Waals surface area contributed by atoms with Crippen LogP contribution in [-0.4, -0.2) is 107 Å². The van der Waals surface area contributed by atoms with E-state index in [4.69, 9.17) is 4.74 Å². The van der Waals surface area contributed by atoms with Gasteiger partial charge < -0.3 is 15.4 Å². The van der Waals surface area contributed by atoms with E-state index in [0.29, 0.717) is 13.1 Å². The van der Waals surface area contributed by atoms with Crippen LogP contribution in [0.4, 0.5) is 0 Å². The summed E-state index contributed by atoms with van der Waals surface area (Å²) in [7, 11) is -1.00. The van der Waals surface area contributed by atoms with E-state index < -0.39 is 9.84 Å². The van der Waals surface area contributed by atoms with Crippen molar-refractivity contribution >= 4 is 39.8 Å². The van der Waals surface area contributed by atoms with Gasteiger partial charge >= 0.3 is 0 Å². The van der Waals surface area contributed by atoms with Crippen molar-refractivity contribution in [3.8, 4) is 0 Å². The molecule has 1 aliphatic carbocycles. The molecule has 0 bridgehead atoms. The van der Waals surface area contributed by atoms with Crippen molar-refractivity contribution in [1.29, 1.82) is 0 Å². The summed E-state index contributed by atoms with van der Waals surface area (Å²) in [5.74, 6) is 1.40. The molecular weight excluding hydrogens is 505 g/mol. The minimum Gasteiger partial charge on any atom is -0.379 e. The van der Waals surface area contributed by atoms with E-state index >= 15 is 0 Å². The fourth-order valence-electron chi connectivity index (χ4n) is 4.63. The second kappa shape index (κ2) is 12.0. The lowest BCUT2D eigenvalue weighted by Gasteiger charge is -2.48. The van der Waals surface area contributed by atoms with Gasteiger partial charge in [0.1, 0.15) is 0 Å². The van der Waals surface area contributed by atoms with Gasteiger partial charge in [-0.3, -0.25) is 14.8 Å². The molecule has 8 nitrogen and oxygen atoms in total. The van der Waals surface area contributed by atoms with E-state index in [0.717, 1.165) is 51.9 Å². The fourth-order valence-corrected chi connectivity index (χ4v) is 5.90. The smallest absolute Gasteiger partial charge is 0.191 e. The summed E-state index contributed by atoms with van der Waals surface area (Å²) in [5.41, 5.74) is 0.209. The van der Waals surface area contributed by atoms with Gasteiger partial charge in [-0.1, -0.05) is 19.3 Å². The molecule has 0 unspecified atom stereocenters. The van der Waals surface area contributed by atoms with Crippen molar-refractivity contribution in [2.24, 2.45) is 4.99 Å². The maximum Gasteiger partial charge on any atom is 0.191 e. The Balaban J connectivity index is 0.00000300. The van der Waals surface area contributed by atoms with Gasteiger partial charge in [0.2, 0.25) is 0 Å². The second-order valence-corrected chi connectivity index (χ2v) is 10.5. The van der Waals surface area contributed by atoms with Crippen LogP contribution in [0.3, 0.4) is 0 Å². The lowest BCUT2D eigenvalue weighted by molar-refractivity contribution is -0.0352. The SMILES string of the molecule is CN=C(NCCN1CCS(=O)(=O)CC1)NCC1(N2CCOCC2)CCCCC1.I. The van der Waals surface area contributed by atoms with Gasteiger partial charge in [-0.2, -0.15) is 0 Å². The van der Waals surface area contributed by atoms with Gasteiger partial charge in [0.25, 0.3) is 0 Å². The van der Waals surface area contributed by atoms with Crippen molar-refractivity contribution < 1.29 is 13.2 Å². The molecule has 0 atom stereocenters. The average molecular weight is 544 g/mol. The maximum absolute atomic E-state index is 11.5. The highest BCUT2D eigenvalue weighted by Crippen LogP contribution is 2.33. The Morgan fingerprint density at radius 3 is 2.31 bits per heavy atom. The Morgan fingerprint density at radius 2 is 1.69 bits per heavy atom. The van der Waals surface area contributed by atoms with E-state index in [1.54, 1.807) is 0 Å². The lowest BCUT2D eigenvalue weighted by Crippen LogP contribution is -2.60. The molecule has 2 heterocycles. The third-order valence-corrected chi connectivity index (χ3v) is 8.04. The fraction of sp³-hybridized carbons (Fsp3) is 0.947. The van der Waals surface area contributed by atoms with Gasteiger partial charge in [0.05, 0.1) is 24.7 Å². The Morgan fingerprint density at radius 1 is 1.03 bits per heavy atom. The minimum atomic E-state index is -2.81. The Bertz CT molecular complexity index is 605. The lowest BCUT2D eigenvalue weighted by atomic mass is 9.80. The molecule has 0 aromatic rings. The van der Waals surface area contributed by atoms with Gasteiger partial charge in [-0.05, 0) is 12.8 Å². The van der Waals surface area contributed by atoms with Crippen LogP contribution in [0.1, 0.15) is 32.1 Å². The topological polar surface area (TPSA) is 86.3 Å². The van der Waals surface area contributed by atoms with Crippen LogP contribution in [0.15, 0.2) is 4.99 Å². The number of morpholine rings is 1. The highest BCUT2D eigenvalue weighted by atomic mass is 127. The zero-order valence-electron chi connectivity index (χ0n) is 17.7. The molecule has 3 aliphatic rings. The quantitative estimate of drug-likeness (QED) is 0.287. The molecule has 3 fully saturated rings. The molecule has 29 heavy (non-hydrogen) atoms. The third-order valence-electron chi connectivity index (χ3n) is 6.43. The molecule has 10 heteroatoms. The molecule has 0 amide bonds. The molecule has 0 aromatic heterocycles. The molecule has 2 aliphatic heterocycles. The van der Waals surface area contributed by atoms with E-state index in [2.05, 4.69) is 25.4 Å². The monoisotopic (exact) mass is 543 g/mol. The van der Waals surface area contributed by atoms with Crippen LogP contribution in [0.2, 0.25) is 0 Å². The summed E-state index contributed by atoms with van der Waals surface area (Å²) in [4.78, 5) is 9.23. The molecular formula is C19H38IN5O3S. The van der Waals surface area contributed by atoms with Crippen LogP contribution in [-0.2, 0) is 14.6 Å². The van der Waals surface area contributed by atoms with Crippen LogP contribution < -0.4 is 10.6 Å². The molecule has 0 radical (unpaired) electrons. The van der Waals surface area contributed by atoms with Crippen LogP contribution in [0.25, 0.3) is 0 Å². The zero-order valence-corrected chi connectivity index (χ0v) is 20.8. The second-order valence-electron chi connectivity index (χ2n) is 8.23. The number of halogens is 1. The summed E-state index contributed by atoms with van der Waals surface area (Å²) in [6, 6.07) is 0. The van der Waals surface area contributed by atoms with Crippen molar-refractivity contribution in [1.82, 2.24) is 20.4 Å². The Labute approximate surface area is 193 Å². The molecule has 170 valence electrons. The molecule has 0 spiro atoms. The highest BCUT2D eigenvalue weighted by Gasteiger charge is 2.38. The number of aliphatic imine (C=N–C) groups is 1. The molecule has 2 saturated heterocycles. The number of hydrogen-bond donors (Lipinski definition) is 2. The standard InChI is InChI=1S/C19H37N5O3S.HI/c1-20-18(21-7-8-23-11-15-28(25,26)16-12-23)22-17-19(5-3-2-4-6-19)24-9-13-27-14-10-24;/h2-17H2,1H3,(H2,20,21,22);1H. The number of hydrogen-bond acceptors (Lipinski definition) is 6. The van der Waals surface area contributed by atoms with Crippen molar-refractivity contribution in [3.05, 3.63) is 0 Å². The first-order valence-electron chi connectivity index (χ1n) is 10.7. The maximum atomic E-state index is 11.5. The van der Waals surface area contributed by atoms with Crippen LogP contribution in [0.5, 0.6) is 0 Å². The van der Waals surface area contributed by atoms with Crippen molar-refractivity contribution in [2.45, 2.75) is 37.6 Å². The first-order chi connectivity index (χ1) is 13.5.